The lowest BCUT2D eigenvalue weighted by molar-refractivity contribution is 0.197. The van der Waals surface area contributed by atoms with Crippen molar-refractivity contribution in [2.45, 2.75) is 39.5 Å². The maximum Gasteiger partial charge on any atom is 0.0591 e. The Hall–Kier alpha value is -0.240. The van der Waals surface area contributed by atoms with Gasteiger partial charge in [-0.15, -0.1) is 0 Å². The first-order valence-electron chi connectivity index (χ1n) is 7.64. The number of hydrogen-bond donors (Lipinski definition) is 0. The minimum Gasteiger partial charge on any atom is -0.302 e. The predicted molar refractivity (Wildman–Crippen MR) is 89.2 cm³/mol. The number of hydrogen-bond acceptors (Lipinski definition) is 1. The number of allylic oxidation sites excluding steroid dienone is 4. The van der Waals surface area contributed by atoms with Crippen LogP contribution in [0.4, 0.5) is 0 Å². The summed E-state index contributed by atoms with van der Waals surface area (Å²) in [6.07, 6.45) is 9.04. The zero-order valence-electron chi connectivity index (χ0n) is 12.6. The molecule has 1 saturated carbocycles. The molecule has 0 N–H and O–H groups in total. The topological polar surface area (TPSA) is 3.24 Å². The summed E-state index contributed by atoms with van der Waals surface area (Å²) >= 11 is 12.4. The lowest BCUT2D eigenvalue weighted by Crippen LogP contribution is -2.34. The molecule has 3 heteroatoms. The predicted octanol–water partition coefficient (Wildman–Crippen LogP) is 5.32. The van der Waals surface area contributed by atoms with Gasteiger partial charge in [0.25, 0.3) is 0 Å². The SMILES string of the molecule is C=C(/C=C(Cl)\C(Cl)=C/C)[C@]12CCCCC1CN(CC)C2. The molecule has 1 nitrogen and oxygen atoms in total. The van der Waals surface area contributed by atoms with Gasteiger partial charge in [-0.2, -0.15) is 0 Å². The van der Waals surface area contributed by atoms with E-state index in [9.17, 15) is 0 Å². The fourth-order valence-electron chi connectivity index (χ4n) is 3.83. The second kappa shape index (κ2) is 6.68. The van der Waals surface area contributed by atoms with E-state index in [0.29, 0.717) is 10.1 Å². The molecule has 2 atom stereocenters. The molecule has 0 spiro atoms. The highest BCUT2D eigenvalue weighted by molar-refractivity contribution is 6.44. The third kappa shape index (κ3) is 3.00. The molecule has 20 heavy (non-hydrogen) atoms. The summed E-state index contributed by atoms with van der Waals surface area (Å²) in [6.45, 7) is 12.0. The molecule has 1 aliphatic heterocycles. The average Bonchev–Trinajstić information content (AvgIpc) is 2.86. The summed E-state index contributed by atoms with van der Waals surface area (Å²) in [4.78, 5) is 2.56. The summed E-state index contributed by atoms with van der Waals surface area (Å²) in [6, 6.07) is 0. The fraction of sp³-hybridized carbons (Fsp3) is 0.647. The summed E-state index contributed by atoms with van der Waals surface area (Å²) in [7, 11) is 0. The Kier molecular flexibility index (Phi) is 5.39. The van der Waals surface area contributed by atoms with Crippen LogP contribution in [0.2, 0.25) is 0 Å². The van der Waals surface area contributed by atoms with Gasteiger partial charge in [-0.25, -0.2) is 0 Å². The van der Waals surface area contributed by atoms with Crippen LogP contribution in [0.5, 0.6) is 0 Å². The number of likely N-dealkylation sites (tertiary alicyclic amines) is 1. The molecule has 112 valence electrons. The van der Waals surface area contributed by atoms with E-state index in [1.54, 1.807) is 0 Å². The van der Waals surface area contributed by atoms with Gasteiger partial charge in [0.15, 0.2) is 0 Å². The normalized spacial score (nSPS) is 32.3. The largest absolute Gasteiger partial charge is 0.302 e. The van der Waals surface area contributed by atoms with Gasteiger partial charge in [0.2, 0.25) is 0 Å². The highest BCUT2D eigenvalue weighted by Gasteiger charge is 2.48. The van der Waals surface area contributed by atoms with E-state index in [-0.39, 0.29) is 5.41 Å². The van der Waals surface area contributed by atoms with Crippen molar-refractivity contribution in [2.24, 2.45) is 11.3 Å². The molecule has 1 aliphatic carbocycles. The van der Waals surface area contributed by atoms with E-state index >= 15 is 0 Å². The minimum absolute atomic E-state index is 0.222. The van der Waals surface area contributed by atoms with Crippen molar-refractivity contribution in [3.63, 3.8) is 0 Å². The molecule has 2 fully saturated rings. The highest BCUT2D eigenvalue weighted by atomic mass is 35.5. The van der Waals surface area contributed by atoms with Gasteiger partial charge in [0.1, 0.15) is 0 Å². The quantitative estimate of drug-likeness (QED) is 0.635. The van der Waals surface area contributed by atoms with Gasteiger partial charge < -0.3 is 4.90 Å². The third-order valence-corrected chi connectivity index (χ3v) is 5.89. The molecule has 0 radical (unpaired) electrons. The minimum atomic E-state index is 0.222. The maximum absolute atomic E-state index is 6.29. The molecular formula is C17H25Cl2N. The molecule has 0 amide bonds. The summed E-state index contributed by atoms with van der Waals surface area (Å²) < 4.78 is 0. The smallest absolute Gasteiger partial charge is 0.0591 e. The van der Waals surface area contributed by atoms with Crippen LogP contribution in [0.1, 0.15) is 39.5 Å². The van der Waals surface area contributed by atoms with Crippen LogP contribution < -0.4 is 0 Å². The van der Waals surface area contributed by atoms with E-state index in [4.69, 9.17) is 23.2 Å². The molecule has 1 heterocycles. The molecule has 1 unspecified atom stereocenters. The Bertz CT molecular complexity index is 438. The number of halogens is 2. The second-order valence-corrected chi connectivity index (χ2v) is 6.90. The molecule has 1 saturated heterocycles. The van der Waals surface area contributed by atoms with Gasteiger partial charge in [-0.05, 0) is 43.9 Å². The summed E-state index contributed by atoms with van der Waals surface area (Å²) in [5, 5.41) is 1.23. The van der Waals surface area contributed by atoms with Crippen molar-refractivity contribution in [1.82, 2.24) is 4.90 Å². The Morgan fingerprint density at radius 1 is 1.35 bits per heavy atom. The van der Waals surface area contributed by atoms with Crippen molar-refractivity contribution >= 4 is 23.2 Å². The van der Waals surface area contributed by atoms with Crippen molar-refractivity contribution in [3.8, 4) is 0 Å². The van der Waals surface area contributed by atoms with E-state index in [2.05, 4.69) is 18.4 Å². The van der Waals surface area contributed by atoms with Gasteiger partial charge in [0.05, 0.1) is 10.1 Å². The van der Waals surface area contributed by atoms with Gasteiger partial charge in [0, 0.05) is 18.5 Å². The first-order chi connectivity index (χ1) is 9.53. The third-order valence-electron chi connectivity index (χ3n) is 5.06. The highest BCUT2D eigenvalue weighted by Crippen LogP contribution is 2.51. The van der Waals surface area contributed by atoms with Crippen LogP contribution in [-0.2, 0) is 0 Å². The second-order valence-electron chi connectivity index (χ2n) is 6.08. The van der Waals surface area contributed by atoms with Crippen LogP contribution in [0.25, 0.3) is 0 Å². The number of fused-ring (bicyclic) bond motifs is 1. The van der Waals surface area contributed by atoms with E-state index in [1.807, 2.05) is 19.1 Å². The molecule has 0 aromatic carbocycles. The Morgan fingerprint density at radius 2 is 2.10 bits per heavy atom. The van der Waals surface area contributed by atoms with Gasteiger partial charge in [-0.3, -0.25) is 0 Å². The van der Waals surface area contributed by atoms with Crippen LogP contribution in [-0.4, -0.2) is 24.5 Å². The molecule has 0 aromatic rings. The average molecular weight is 314 g/mol. The molecule has 0 aromatic heterocycles. The Labute approximate surface area is 133 Å². The first-order valence-corrected chi connectivity index (χ1v) is 8.40. The van der Waals surface area contributed by atoms with Crippen LogP contribution in [0.3, 0.4) is 0 Å². The van der Waals surface area contributed by atoms with Gasteiger partial charge >= 0.3 is 0 Å². The maximum atomic E-state index is 6.29. The molecule has 2 rings (SSSR count). The lowest BCUT2D eigenvalue weighted by atomic mass is 9.64. The molecule has 2 aliphatic rings. The zero-order chi connectivity index (χ0) is 14.8. The van der Waals surface area contributed by atoms with Gasteiger partial charge in [-0.1, -0.05) is 55.6 Å². The lowest BCUT2D eigenvalue weighted by Gasteiger charge is -2.39. The summed E-state index contributed by atoms with van der Waals surface area (Å²) in [5.41, 5.74) is 1.39. The Morgan fingerprint density at radius 3 is 2.75 bits per heavy atom. The van der Waals surface area contributed by atoms with Crippen molar-refractivity contribution < 1.29 is 0 Å². The van der Waals surface area contributed by atoms with Crippen LogP contribution >= 0.6 is 23.2 Å². The molecular weight excluding hydrogens is 289 g/mol. The van der Waals surface area contributed by atoms with Crippen LogP contribution in [0, 0.1) is 11.3 Å². The van der Waals surface area contributed by atoms with Crippen molar-refractivity contribution in [2.75, 3.05) is 19.6 Å². The van der Waals surface area contributed by atoms with Crippen LogP contribution in [0.15, 0.2) is 34.4 Å². The van der Waals surface area contributed by atoms with E-state index in [1.165, 1.54) is 37.8 Å². The first kappa shape index (κ1) is 16.1. The zero-order valence-corrected chi connectivity index (χ0v) is 14.1. The van der Waals surface area contributed by atoms with E-state index < -0.39 is 0 Å². The van der Waals surface area contributed by atoms with Crippen molar-refractivity contribution in [1.29, 1.82) is 0 Å². The molecule has 0 bridgehead atoms. The fourth-order valence-corrected chi connectivity index (χ4v) is 4.13. The number of nitrogens with zero attached hydrogens (tertiary/aromatic N) is 1. The Balaban J connectivity index is 2.25. The number of rotatable bonds is 4. The van der Waals surface area contributed by atoms with Crippen molar-refractivity contribution in [3.05, 3.63) is 34.4 Å². The van der Waals surface area contributed by atoms with E-state index in [0.717, 1.165) is 19.0 Å². The standard InChI is InChI=1S/C17H25Cl2N/c1-4-15(18)16(19)10-13(3)17-9-7-6-8-14(17)11-20(5-2)12-17/h4,10,14H,3,5-9,11-12H2,1-2H3/b15-4+,16-10+/t14?,17-/m1/s1. The summed E-state index contributed by atoms with van der Waals surface area (Å²) in [5.74, 6) is 0.730. The monoisotopic (exact) mass is 313 g/mol.